The number of benzene rings is 2. The van der Waals surface area contributed by atoms with E-state index in [1.807, 2.05) is 38.1 Å². The second-order valence-corrected chi connectivity index (χ2v) is 7.79. The van der Waals surface area contributed by atoms with Gasteiger partial charge in [0.1, 0.15) is 0 Å². The molecule has 0 bridgehead atoms. The highest BCUT2D eigenvalue weighted by Crippen LogP contribution is 2.30. The Morgan fingerprint density at radius 1 is 0.645 bits per heavy atom. The molecule has 0 fully saturated rings. The molecule has 0 saturated carbocycles. The van der Waals surface area contributed by atoms with E-state index in [1.54, 1.807) is 0 Å². The second-order valence-electron chi connectivity index (χ2n) is 7.79. The van der Waals surface area contributed by atoms with Gasteiger partial charge in [-0.3, -0.25) is 9.98 Å². The number of hydrogen-bond donors (Lipinski definition) is 0. The second kappa shape index (κ2) is 11.2. The fourth-order valence-electron chi connectivity index (χ4n) is 3.85. The van der Waals surface area contributed by atoms with Gasteiger partial charge in [-0.1, -0.05) is 27.7 Å². The zero-order chi connectivity index (χ0) is 23.0. The maximum Gasteiger partial charge on any atom is 0.0991 e. The van der Waals surface area contributed by atoms with Crippen LogP contribution in [-0.4, -0.2) is 11.4 Å². The molecule has 4 nitrogen and oxygen atoms in total. The van der Waals surface area contributed by atoms with Crippen molar-refractivity contribution in [3.63, 3.8) is 0 Å². The predicted octanol–water partition coefficient (Wildman–Crippen LogP) is 6.95. The number of hydrogen-bond acceptors (Lipinski definition) is 4. The molecule has 0 unspecified atom stereocenters. The third-order valence-electron chi connectivity index (χ3n) is 5.43. The SMILES string of the molecule is CCc1cc(C#N)cc(CC)c1N=C(C)CC(C)=Nc1c(CC)cc(C#N)cc1CC. The number of aliphatic imine (C=N–C) groups is 2. The van der Waals surface area contributed by atoms with E-state index in [2.05, 4.69) is 39.8 Å². The van der Waals surface area contributed by atoms with Gasteiger partial charge in [-0.25, -0.2) is 0 Å². The van der Waals surface area contributed by atoms with Gasteiger partial charge in [0.2, 0.25) is 0 Å². The van der Waals surface area contributed by atoms with Gasteiger partial charge in [0.15, 0.2) is 0 Å². The van der Waals surface area contributed by atoms with Crippen molar-refractivity contribution in [3.8, 4) is 12.1 Å². The van der Waals surface area contributed by atoms with Crippen LogP contribution in [-0.2, 0) is 25.7 Å². The first kappa shape index (κ1) is 24.0. The quantitative estimate of drug-likeness (QED) is 0.440. The number of rotatable bonds is 8. The van der Waals surface area contributed by atoms with Crippen LogP contribution in [0.15, 0.2) is 34.3 Å². The van der Waals surface area contributed by atoms with E-state index in [0.717, 1.165) is 70.7 Å². The van der Waals surface area contributed by atoms with Crippen LogP contribution in [0.3, 0.4) is 0 Å². The van der Waals surface area contributed by atoms with Crippen LogP contribution in [0.1, 0.15) is 81.3 Å². The lowest BCUT2D eigenvalue weighted by molar-refractivity contribution is 1.07. The first-order chi connectivity index (χ1) is 14.9. The average Bonchev–Trinajstić information content (AvgIpc) is 2.78. The van der Waals surface area contributed by atoms with Gasteiger partial charge in [0.05, 0.1) is 34.6 Å². The third-order valence-corrected chi connectivity index (χ3v) is 5.43. The molecule has 0 aliphatic carbocycles. The molecule has 0 aliphatic rings. The van der Waals surface area contributed by atoms with Crippen molar-refractivity contribution in [2.24, 2.45) is 9.98 Å². The normalized spacial score (nSPS) is 11.9. The van der Waals surface area contributed by atoms with Crippen LogP contribution in [0, 0.1) is 22.7 Å². The fourth-order valence-corrected chi connectivity index (χ4v) is 3.85. The summed E-state index contributed by atoms with van der Waals surface area (Å²) in [4.78, 5) is 9.91. The monoisotopic (exact) mass is 412 g/mol. The molecule has 160 valence electrons. The molecule has 4 heteroatoms. The Kier molecular flexibility index (Phi) is 8.71. The molecule has 2 aromatic carbocycles. The van der Waals surface area contributed by atoms with Gasteiger partial charge in [0.25, 0.3) is 0 Å². The van der Waals surface area contributed by atoms with Crippen molar-refractivity contribution >= 4 is 22.8 Å². The Morgan fingerprint density at radius 3 is 1.16 bits per heavy atom. The Labute approximate surface area is 187 Å². The summed E-state index contributed by atoms with van der Waals surface area (Å²) in [7, 11) is 0. The van der Waals surface area contributed by atoms with Crippen molar-refractivity contribution in [2.45, 2.75) is 73.6 Å². The van der Waals surface area contributed by atoms with Gasteiger partial charge in [-0.2, -0.15) is 10.5 Å². The lowest BCUT2D eigenvalue weighted by Gasteiger charge is -2.13. The van der Waals surface area contributed by atoms with E-state index in [9.17, 15) is 10.5 Å². The first-order valence-electron chi connectivity index (χ1n) is 11.1. The summed E-state index contributed by atoms with van der Waals surface area (Å²) >= 11 is 0. The highest BCUT2D eigenvalue weighted by molar-refractivity contribution is 6.04. The number of nitrogens with zero attached hydrogens (tertiary/aromatic N) is 4. The highest BCUT2D eigenvalue weighted by Gasteiger charge is 2.11. The molecule has 0 aliphatic heterocycles. The van der Waals surface area contributed by atoms with Crippen LogP contribution >= 0.6 is 0 Å². The maximum atomic E-state index is 9.31. The van der Waals surface area contributed by atoms with Gasteiger partial charge >= 0.3 is 0 Å². The van der Waals surface area contributed by atoms with Crippen molar-refractivity contribution in [3.05, 3.63) is 57.6 Å². The molecular weight excluding hydrogens is 380 g/mol. The van der Waals surface area contributed by atoms with Gasteiger partial charge < -0.3 is 0 Å². The van der Waals surface area contributed by atoms with Crippen molar-refractivity contribution in [1.29, 1.82) is 10.5 Å². The zero-order valence-electron chi connectivity index (χ0n) is 19.6. The molecule has 31 heavy (non-hydrogen) atoms. The summed E-state index contributed by atoms with van der Waals surface area (Å²) in [5.41, 5.74) is 9.83. The average molecular weight is 413 g/mol. The fraction of sp³-hybridized carbons (Fsp3) is 0.407. The summed E-state index contributed by atoms with van der Waals surface area (Å²) < 4.78 is 0. The van der Waals surface area contributed by atoms with Crippen molar-refractivity contribution in [2.75, 3.05) is 0 Å². The molecule has 0 atom stereocenters. The molecule has 0 aromatic heterocycles. The maximum absolute atomic E-state index is 9.31. The first-order valence-corrected chi connectivity index (χ1v) is 11.1. The topological polar surface area (TPSA) is 72.3 Å². The molecule has 2 aromatic rings. The summed E-state index contributed by atoms with van der Waals surface area (Å²) in [5.74, 6) is 0. The van der Waals surface area contributed by atoms with E-state index in [4.69, 9.17) is 9.98 Å². The summed E-state index contributed by atoms with van der Waals surface area (Å²) in [6.45, 7) is 12.5. The van der Waals surface area contributed by atoms with Crippen molar-refractivity contribution < 1.29 is 0 Å². The molecule has 2 rings (SSSR count). The van der Waals surface area contributed by atoms with Crippen LogP contribution < -0.4 is 0 Å². The molecule has 0 spiro atoms. The van der Waals surface area contributed by atoms with Crippen LogP contribution in [0.25, 0.3) is 0 Å². The Morgan fingerprint density at radius 2 is 0.935 bits per heavy atom. The van der Waals surface area contributed by atoms with E-state index >= 15 is 0 Å². The Hall–Kier alpha value is -3.24. The summed E-state index contributed by atoms with van der Waals surface area (Å²) in [6, 6.07) is 12.3. The van der Waals surface area contributed by atoms with Gasteiger partial charge in [-0.05, 0) is 86.1 Å². The Bertz CT molecular complexity index is 954. The summed E-state index contributed by atoms with van der Waals surface area (Å²) in [5, 5.41) is 18.6. The van der Waals surface area contributed by atoms with Crippen molar-refractivity contribution in [1.82, 2.24) is 0 Å². The standard InChI is InChI=1S/C27H32N4/c1-7-22-12-20(16-28)13-23(8-2)26(22)30-18(5)11-19(6)31-27-24(9-3)14-21(17-29)15-25(27)10-4/h12-15H,7-11H2,1-6H3. The molecule has 0 N–H and O–H groups in total. The third kappa shape index (κ3) is 5.89. The number of aryl methyl sites for hydroxylation is 4. The number of nitriles is 2. The molecule has 0 radical (unpaired) electrons. The van der Waals surface area contributed by atoms with E-state index in [0.29, 0.717) is 17.5 Å². The lowest BCUT2D eigenvalue weighted by atomic mass is 9.99. The van der Waals surface area contributed by atoms with E-state index in [1.165, 1.54) is 0 Å². The predicted molar refractivity (Wildman–Crippen MR) is 130 cm³/mol. The minimum Gasteiger partial charge on any atom is -0.257 e. The van der Waals surface area contributed by atoms with E-state index in [-0.39, 0.29) is 0 Å². The lowest BCUT2D eigenvalue weighted by Crippen LogP contribution is -2.03. The minimum absolute atomic E-state index is 0.679. The van der Waals surface area contributed by atoms with E-state index < -0.39 is 0 Å². The largest absolute Gasteiger partial charge is 0.257 e. The van der Waals surface area contributed by atoms with Crippen LogP contribution in [0.5, 0.6) is 0 Å². The molecule has 0 heterocycles. The Balaban J connectivity index is 2.43. The molecule has 0 saturated heterocycles. The van der Waals surface area contributed by atoms with Crippen LogP contribution in [0.4, 0.5) is 11.4 Å². The summed E-state index contributed by atoms with van der Waals surface area (Å²) in [6.07, 6.45) is 4.04. The zero-order valence-corrected chi connectivity index (χ0v) is 19.6. The molecule has 0 amide bonds. The minimum atomic E-state index is 0.679. The molecular formula is C27H32N4. The smallest absolute Gasteiger partial charge is 0.0991 e. The highest BCUT2D eigenvalue weighted by atomic mass is 14.8. The van der Waals surface area contributed by atoms with Gasteiger partial charge in [0, 0.05) is 17.8 Å². The van der Waals surface area contributed by atoms with Gasteiger partial charge in [-0.15, -0.1) is 0 Å². The van der Waals surface area contributed by atoms with Crippen LogP contribution in [0.2, 0.25) is 0 Å².